The van der Waals surface area contributed by atoms with Crippen LogP contribution in [0.3, 0.4) is 0 Å². The molecule has 174 valence electrons. The van der Waals surface area contributed by atoms with Crippen molar-refractivity contribution in [3.05, 3.63) is 71.8 Å². The molecule has 0 spiro atoms. The van der Waals surface area contributed by atoms with Crippen molar-refractivity contribution in [1.29, 1.82) is 0 Å². The number of carbonyl (C=O) groups excluding carboxylic acids is 1. The fraction of sp³-hybridized carbons (Fsp3) is 0.227. The van der Waals surface area contributed by atoms with Gasteiger partial charge in [-0.05, 0) is 75.5 Å². The Labute approximate surface area is 218 Å². The van der Waals surface area contributed by atoms with Gasteiger partial charge in [0.05, 0.1) is 33.7 Å². The summed E-state index contributed by atoms with van der Waals surface area (Å²) in [6, 6.07) is 8.77. The van der Waals surface area contributed by atoms with Gasteiger partial charge < -0.3 is 9.47 Å². The minimum atomic E-state index is -0.296. The van der Waals surface area contributed by atoms with E-state index in [1.54, 1.807) is 42.1 Å². The fourth-order valence-corrected chi connectivity index (χ4v) is 4.24. The van der Waals surface area contributed by atoms with E-state index >= 15 is 0 Å². The maximum Gasteiger partial charge on any atom is 0.261 e. The summed E-state index contributed by atoms with van der Waals surface area (Å²) in [5.74, 6) is 0.713. The molecule has 0 unspecified atom stereocenters. The third kappa shape index (κ3) is 6.50. The van der Waals surface area contributed by atoms with Crippen molar-refractivity contribution in [2.24, 2.45) is 5.10 Å². The predicted molar refractivity (Wildman–Crippen MR) is 137 cm³/mol. The van der Waals surface area contributed by atoms with Crippen LogP contribution in [0.25, 0.3) is 0 Å². The molecular formula is C22H20Br2Cl2N4O3. The number of halogens is 4. The number of amides is 1. The summed E-state index contributed by atoms with van der Waals surface area (Å²) in [7, 11) is 1.54. The van der Waals surface area contributed by atoms with E-state index in [9.17, 15) is 4.79 Å². The first kappa shape index (κ1) is 25.6. The number of nitrogens with one attached hydrogen (secondary N) is 1. The van der Waals surface area contributed by atoms with Gasteiger partial charge in [0, 0.05) is 15.6 Å². The van der Waals surface area contributed by atoms with E-state index in [0.29, 0.717) is 31.6 Å². The standard InChI is InChI=1S/C22H20Br2Cl2N4O3/c1-12-21(24)13(2)30(29-12)10-20(31)28-27-9-14-6-17(23)22(19(7-14)32-3)33-11-15-4-5-16(25)8-18(15)26/h4-9H,10-11H2,1-3H3,(H,28,31)/b27-9+. The van der Waals surface area contributed by atoms with E-state index in [1.165, 1.54) is 6.21 Å². The smallest absolute Gasteiger partial charge is 0.261 e. The minimum absolute atomic E-state index is 0.0582. The second kappa shape index (κ2) is 11.4. The molecule has 33 heavy (non-hydrogen) atoms. The molecule has 1 aromatic heterocycles. The van der Waals surface area contributed by atoms with Gasteiger partial charge in [0.15, 0.2) is 11.5 Å². The Morgan fingerprint density at radius 1 is 1.24 bits per heavy atom. The van der Waals surface area contributed by atoms with Crippen LogP contribution in [0.2, 0.25) is 10.0 Å². The van der Waals surface area contributed by atoms with Crippen molar-refractivity contribution >= 4 is 67.2 Å². The van der Waals surface area contributed by atoms with Gasteiger partial charge in [-0.3, -0.25) is 9.48 Å². The maximum atomic E-state index is 12.2. The number of hydrogen-bond acceptors (Lipinski definition) is 5. The van der Waals surface area contributed by atoms with Gasteiger partial charge in [0.25, 0.3) is 5.91 Å². The van der Waals surface area contributed by atoms with Crippen LogP contribution in [0.4, 0.5) is 0 Å². The van der Waals surface area contributed by atoms with E-state index < -0.39 is 0 Å². The summed E-state index contributed by atoms with van der Waals surface area (Å²) in [5.41, 5.74) is 5.69. The van der Waals surface area contributed by atoms with E-state index in [0.717, 1.165) is 21.4 Å². The third-order valence-electron chi connectivity index (χ3n) is 4.63. The average molecular weight is 619 g/mol. The number of methoxy groups -OCH3 is 1. The topological polar surface area (TPSA) is 77.7 Å². The molecule has 0 saturated carbocycles. The van der Waals surface area contributed by atoms with Crippen molar-refractivity contribution in [3.8, 4) is 11.5 Å². The Morgan fingerprint density at radius 3 is 2.64 bits per heavy atom. The van der Waals surface area contributed by atoms with Crippen molar-refractivity contribution in [1.82, 2.24) is 15.2 Å². The van der Waals surface area contributed by atoms with Crippen LogP contribution >= 0.6 is 55.1 Å². The molecule has 7 nitrogen and oxygen atoms in total. The van der Waals surface area contributed by atoms with Crippen LogP contribution in [-0.4, -0.2) is 29.0 Å². The minimum Gasteiger partial charge on any atom is -0.493 e. The van der Waals surface area contributed by atoms with E-state index in [2.05, 4.69) is 47.5 Å². The van der Waals surface area contributed by atoms with Gasteiger partial charge in [-0.1, -0.05) is 29.3 Å². The van der Waals surface area contributed by atoms with Crippen molar-refractivity contribution in [2.75, 3.05) is 7.11 Å². The predicted octanol–water partition coefficient (Wildman–Crippen LogP) is 6.07. The zero-order chi connectivity index (χ0) is 24.1. The van der Waals surface area contributed by atoms with Gasteiger partial charge >= 0.3 is 0 Å². The van der Waals surface area contributed by atoms with E-state index in [-0.39, 0.29) is 19.1 Å². The van der Waals surface area contributed by atoms with Crippen molar-refractivity contribution in [3.63, 3.8) is 0 Å². The highest BCUT2D eigenvalue weighted by Crippen LogP contribution is 2.37. The number of rotatable bonds is 8. The zero-order valence-electron chi connectivity index (χ0n) is 18.0. The van der Waals surface area contributed by atoms with Crippen LogP contribution in [0, 0.1) is 13.8 Å². The molecule has 3 aromatic rings. The Morgan fingerprint density at radius 2 is 2.00 bits per heavy atom. The largest absolute Gasteiger partial charge is 0.493 e. The molecule has 0 atom stereocenters. The summed E-state index contributed by atoms with van der Waals surface area (Å²) in [5, 5.41) is 9.42. The molecule has 0 aliphatic carbocycles. The number of carbonyl (C=O) groups is 1. The molecule has 1 N–H and O–H groups in total. The average Bonchev–Trinajstić information content (AvgIpc) is 3.00. The van der Waals surface area contributed by atoms with Gasteiger partial charge in [0.1, 0.15) is 13.2 Å². The number of hydrazone groups is 1. The van der Waals surface area contributed by atoms with E-state index in [1.807, 2.05) is 13.8 Å². The zero-order valence-corrected chi connectivity index (χ0v) is 22.6. The molecule has 0 radical (unpaired) electrons. The normalized spacial score (nSPS) is 11.1. The molecule has 0 saturated heterocycles. The molecule has 0 bridgehead atoms. The highest BCUT2D eigenvalue weighted by atomic mass is 79.9. The van der Waals surface area contributed by atoms with Crippen molar-refractivity contribution < 1.29 is 14.3 Å². The summed E-state index contributed by atoms with van der Waals surface area (Å²) < 4.78 is 14.5. The Balaban J connectivity index is 1.66. The molecule has 11 heteroatoms. The fourth-order valence-electron chi connectivity index (χ4n) is 2.92. The van der Waals surface area contributed by atoms with Crippen LogP contribution in [-0.2, 0) is 17.9 Å². The number of benzene rings is 2. The quantitative estimate of drug-likeness (QED) is 0.246. The molecule has 0 aliphatic heterocycles. The third-order valence-corrected chi connectivity index (χ3v) is 6.95. The van der Waals surface area contributed by atoms with Gasteiger partial charge in [-0.2, -0.15) is 10.2 Å². The summed E-state index contributed by atoms with van der Waals surface area (Å²) >= 11 is 19.1. The summed E-state index contributed by atoms with van der Waals surface area (Å²) in [4.78, 5) is 12.2. The van der Waals surface area contributed by atoms with Crippen LogP contribution in [0.15, 0.2) is 44.4 Å². The number of ether oxygens (including phenoxy) is 2. The summed E-state index contributed by atoms with van der Waals surface area (Å²) in [6.45, 7) is 4.04. The Bertz CT molecular complexity index is 1210. The second-order valence-corrected chi connectivity index (χ2v) is 9.49. The SMILES string of the molecule is COc1cc(/C=N/NC(=O)Cn2nc(C)c(Br)c2C)cc(Br)c1OCc1ccc(Cl)cc1Cl. The Hall–Kier alpha value is -2.07. The molecule has 2 aromatic carbocycles. The van der Waals surface area contributed by atoms with Crippen LogP contribution < -0.4 is 14.9 Å². The first-order valence-electron chi connectivity index (χ1n) is 9.65. The second-order valence-electron chi connectivity index (χ2n) is 6.99. The van der Waals surface area contributed by atoms with Gasteiger partial charge in [-0.15, -0.1) is 0 Å². The molecule has 1 amide bonds. The lowest BCUT2D eigenvalue weighted by Crippen LogP contribution is -2.24. The monoisotopic (exact) mass is 616 g/mol. The molecular weight excluding hydrogens is 599 g/mol. The number of nitrogens with zero attached hydrogens (tertiary/aromatic N) is 3. The van der Waals surface area contributed by atoms with Gasteiger partial charge in [-0.25, -0.2) is 5.43 Å². The van der Waals surface area contributed by atoms with E-state index in [4.69, 9.17) is 32.7 Å². The highest BCUT2D eigenvalue weighted by Gasteiger charge is 2.14. The van der Waals surface area contributed by atoms with Crippen molar-refractivity contribution in [2.45, 2.75) is 27.0 Å². The molecule has 0 aliphatic rings. The molecule has 0 fully saturated rings. The van der Waals surface area contributed by atoms with Gasteiger partial charge in [0.2, 0.25) is 0 Å². The summed E-state index contributed by atoms with van der Waals surface area (Å²) in [6.07, 6.45) is 1.52. The Kier molecular flexibility index (Phi) is 8.81. The number of aryl methyl sites for hydroxylation is 1. The van der Waals surface area contributed by atoms with Crippen LogP contribution in [0.5, 0.6) is 11.5 Å². The lowest BCUT2D eigenvalue weighted by Gasteiger charge is -2.14. The molecule has 1 heterocycles. The highest BCUT2D eigenvalue weighted by molar-refractivity contribution is 9.10. The maximum absolute atomic E-state index is 12.2. The molecule has 3 rings (SSSR count). The van der Waals surface area contributed by atoms with Crippen LogP contribution in [0.1, 0.15) is 22.5 Å². The first-order chi connectivity index (χ1) is 15.7. The first-order valence-corrected chi connectivity index (χ1v) is 12.0. The lowest BCUT2D eigenvalue weighted by molar-refractivity contribution is -0.121. The lowest BCUT2D eigenvalue weighted by atomic mass is 10.2. The number of aromatic nitrogens is 2. The number of hydrogen-bond donors (Lipinski definition) is 1.